The summed E-state index contributed by atoms with van der Waals surface area (Å²) in [7, 11) is 0. The largest absolute Gasteiger partial charge is 0.465 e. The van der Waals surface area contributed by atoms with E-state index in [1.54, 1.807) is 0 Å². The highest BCUT2D eigenvalue weighted by Crippen LogP contribution is 2.25. The van der Waals surface area contributed by atoms with Crippen LogP contribution >= 0.6 is 0 Å². The average molecular weight is 763 g/mol. The summed E-state index contributed by atoms with van der Waals surface area (Å²) in [5.74, 6) is 1.08. The minimum absolute atomic E-state index is 0.00561. The number of carbonyl (C=O) groups is 2. The molecule has 0 aromatic rings. The van der Waals surface area contributed by atoms with Gasteiger partial charge in [0.25, 0.3) is 0 Å². The lowest BCUT2D eigenvalue weighted by atomic mass is 9.91. The summed E-state index contributed by atoms with van der Waals surface area (Å²) in [5.41, 5.74) is 0. The summed E-state index contributed by atoms with van der Waals surface area (Å²) in [5, 5.41) is 0. The molecule has 0 atom stereocenters. The van der Waals surface area contributed by atoms with Crippen LogP contribution in [0, 0.1) is 11.8 Å². The molecule has 320 valence electrons. The molecule has 1 aliphatic carbocycles. The summed E-state index contributed by atoms with van der Waals surface area (Å²) in [6.45, 7) is 18.2. The summed E-state index contributed by atoms with van der Waals surface area (Å²) >= 11 is 0. The molecule has 0 aromatic heterocycles. The molecule has 6 nitrogen and oxygen atoms in total. The van der Waals surface area contributed by atoms with Crippen LogP contribution in [0.2, 0.25) is 0 Å². The lowest BCUT2D eigenvalue weighted by Gasteiger charge is -2.38. The topological polar surface area (TPSA) is 59.1 Å². The summed E-state index contributed by atoms with van der Waals surface area (Å²) in [6.07, 6.45) is 36.9. The first-order valence-electron chi connectivity index (χ1n) is 24.2. The standard InChI is InChI=1S/C48H94N2O4/c1-6-11-15-21-30-44(31-22-16-12-7-2)42-53-47(51)36-25-19-27-38-49(40-41-50(10-5)46-34-29-35-46)39-28-20-26-37-48(52)54-43-45(32-23-17-13-8-3)33-24-18-14-9-4/h44-46H,6-43H2,1-5H3. The number of hydrogen-bond acceptors (Lipinski definition) is 6. The third-order valence-electron chi connectivity index (χ3n) is 12.2. The molecule has 1 rings (SSSR count). The van der Waals surface area contributed by atoms with Gasteiger partial charge < -0.3 is 14.4 Å². The maximum Gasteiger partial charge on any atom is 0.305 e. The van der Waals surface area contributed by atoms with Gasteiger partial charge in [0.05, 0.1) is 13.2 Å². The highest BCUT2D eigenvalue weighted by atomic mass is 16.5. The number of ether oxygens (including phenoxy) is 2. The smallest absolute Gasteiger partial charge is 0.305 e. The second-order valence-corrected chi connectivity index (χ2v) is 17.2. The van der Waals surface area contributed by atoms with Crippen LogP contribution in [0.25, 0.3) is 0 Å². The molecule has 0 N–H and O–H groups in total. The maximum atomic E-state index is 12.7. The van der Waals surface area contributed by atoms with Gasteiger partial charge in [0, 0.05) is 32.0 Å². The molecular weight excluding hydrogens is 669 g/mol. The van der Waals surface area contributed by atoms with E-state index in [4.69, 9.17) is 9.47 Å². The van der Waals surface area contributed by atoms with E-state index < -0.39 is 0 Å². The zero-order valence-electron chi connectivity index (χ0n) is 37.1. The predicted molar refractivity (Wildman–Crippen MR) is 232 cm³/mol. The predicted octanol–water partition coefficient (Wildman–Crippen LogP) is 13.5. The molecule has 0 heterocycles. The number of rotatable bonds is 41. The van der Waals surface area contributed by atoms with Crippen molar-refractivity contribution in [2.75, 3.05) is 45.9 Å². The van der Waals surface area contributed by atoms with Crippen LogP contribution in [0.1, 0.15) is 234 Å². The van der Waals surface area contributed by atoms with Crippen molar-refractivity contribution in [3.8, 4) is 0 Å². The van der Waals surface area contributed by atoms with Gasteiger partial charge in [-0.25, -0.2) is 0 Å². The maximum absolute atomic E-state index is 12.7. The van der Waals surface area contributed by atoms with Gasteiger partial charge in [0.1, 0.15) is 0 Å². The molecule has 1 aliphatic rings. The molecule has 0 radical (unpaired) electrons. The van der Waals surface area contributed by atoms with Crippen molar-refractivity contribution in [1.82, 2.24) is 9.80 Å². The van der Waals surface area contributed by atoms with Crippen molar-refractivity contribution in [3.63, 3.8) is 0 Å². The van der Waals surface area contributed by atoms with Crippen molar-refractivity contribution in [2.24, 2.45) is 11.8 Å². The van der Waals surface area contributed by atoms with Gasteiger partial charge in [-0.1, -0.05) is 157 Å². The summed E-state index contributed by atoms with van der Waals surface area (Å²) in [4.78, 5) is 30.7. The Bertz CT molecular complexity index is 756. The van der Waals surface area contributed by atoms with Crippen LogP contribution in [0.3, 0.4) is 0 Å². The Morgan fingerprint density at radius 2 is 0.870 bits per heavy atom. The van der Waals surface area contributed by atoms with E-state index in [2.05, 4.69) is 44.4 Å². The van der Waals surface area contributed by atoms with Crippen molar-refractivity contribution < 1.29 is 19.1 Å². The highest BCUT2D eigenvalue weighted by Gasteiger charge is 2.24. The SMILES string of the molecule is CCCCCCC(CCCCCC)COC(=O)CCCCCN(CCCCCC(=O)OCC(CCCCCC)CCCCCC)CCN(CC)C1CCC1. The molecule has 0 bridgehead atoms. The van der Waals surface area contributed by atoms with Gasteiger partial charge in [0.2, 0.25) is 0 Å². The van der Waals surface area contributed by atoms with Gasteiger partial charge in [-0.15, -0.1) is 0 Å². The zero-order valence-corrected chi connectivity index (χ0v) is 37.1. The Labute approximate surface area is 337 Å². The first-order valence-corrected chi connectivity index (χ1v) is 24.2. The molecule has 1 saturated carbocycles. The van der Waals surface area contributed by atoms with E-state index >= 15 is 0 Å². The number of carbonyl (C=O) groups excluding carboxylic acids is 2. The van der Waals surface area contributed by atoms with Crippen LogP contribution in [-0.2, 0) is 19.1 Å². The highest BCUT2D eigenvalue weighted by molar-refractivity contribution is 5.69. The van der Waals surface area contributed by atoms with Crippen molar-refractivity contribution in [3.05, 3.63) is 0 Å². The van der Waals surface area contributed by atoms with E-state index in [9.17, 15) is 9.59 Å². The number of hydrogen-bond donors (Lipinski definition) is 0. The number of unbranched alkanes of at least 4 members (excludes halogenated alkanes) is 16. The van der Waals surface area contributed by atoms with Crippen LogP contribution in [0.15, 0.2) is 0 Å². The zero-order chi connectivity index (χ0) is 39.3. The molecule has 0 unspecified atom stereocenters. The number of nitrogens with zero attached hydrogens (tertiary/aromatic N) is 2. The second kappa shape index (κ2) is 37.4. The lowest BCUT2D eigenvalue weighted by Crippen LogP contribution is -2.44. The van der Waals surface area contributed by atoms with E-state index in [0.717, 1.165) is 77.3 Å². The van der Waals surface area contributed by atoms with Gasteiger partial charge >= 0.3 is 11.9 Å². The van der Waals surface area contributed by atoms with Crippen LogP contribution < -0.4 is 0 Å². The Hall–Kier alpha value is -1.14. The van der Waals surface area contributed by atoms with E-state index in [1.807, 2.05) is 0 Å². The fourth-order valence-corrected chi connectivity index (χ4v) is 8.15. The van der Waals surface area contributed by atoms with Gasteiger partial charge in [-0.2, -0.15) is 0 Å². The van der Waals surface area contributed by atoms with E-state index in [1.165, 1.54) is 148 Å². The second-order valence-electron chi connectivity index (χ2n) is 17.2. The molecule has 1 fully saturated rings. The lowest BCUT2D eigenvalue weighted by molar-refractivity contribution is -0.146. The Morgan fingerprint density at radius 3 is 1.20 bits per heavy atom. The quantitative estimate of drug-likeness (QED) is 0.0457. The molecule has 0 amide bonds. The summed E-state index contributed by atoms with van der Waals surface area (Å²) < 4.78 is 11.7. The normalized spacial score (nSPS) is 13.4. The first-order chi connectivity index (χ1) is 26.5. The third-order valence-corrected chi connectivity index (χ3v) is 12.2. The fourth-order valence-electron chi connectivity index (χ4n) is 8.15. The Kier molecular flexibility index (Phi) is 35.3. The fraction of sp³-hybridized carbons (Fsp3) is 0.958. The Balaban J connectivity index is 2.42. The molecule has 0 saturated heterocycles. The van der Waals surface area contributed by atoms with E-state index in [-0.39, 0.29) is 11.9 Å². The molecule has 6 heteroatoms. The van der Waals surface area contributed by atoms with Gasteiger partial charge in [-0.3, -0.25) is 14.5 Å². The van der Waals surface area contributed by atoms with Gasteiger partial charge in [-0.05, 0) is 95.7 Å². The molecule has 0 aliphatic heterocycles. The van der Waals surface area contributed by atoms with Crippen molar-refractivity contribution >= 4 is 11.9 Å². The molecule has 0 spiro atoms. The first kappa shape index (κ1) is 50.9. The van der Waals surface area contributed by atoms with Crippen LogP contribution in [0.4, 0.5) is 0 Å². The monoisotopic (exact) mass is 763 g/mol. The third kappa shape index (κ3) is 29.1. The number of likely N-dealkylation sites (N-methyl/N-ethyl adjacent to an activating group) is 1. The minimum Gasteiger partial charge on any atom is -0.465 e. The van der Waals surface area contributed by atoms with Crippen molar-refractivity contribution in [1.29, 1.82) is 0 Å². The summed E-state index contributed by atoms with van der Waals surface area (Å²) in [6, 6.07) is 0.786. The molecular formula is C48H94N2O4. The molecule has 54 heavy (non-hydrogen) atoms. The van der Waals surface area contributed by atoms with Crippen LogP contribution in [-0.4, -0.2) is 73.7 Å². The van der Waals surface area contributed by atoms with Gasteiger partial charge in [0.15, 0.2) is 0 Å². The van der Waals surface area contributed by atoms with Crippen molar-refractivity contribution in [2.45, 2.75) is 240 Å². The average Bonchev–Trinajstić information content (AvgIpc) is 3.15. The van der Waals surface area contributed by atoms with Crippen LogP contribution in [0.5, 0.6) is 0 Å². The number of esters is 2. The minimum atomic E-state index is 0.00561. The van der Waals surface area contributed by atoms with E-state index in [0.29, 0.717) is 37.9 Å². The molecule has 0 aromatic carbocycles. The Morgan fingerprint density at radius 1 is 0.481 bits per heavy atom.